The Morgan fingerprint density at radius 3 is 2.62 bits per heavy atom. The molecule has 1 fully saturated rings. The van der Waals surface area contributed by atoms with Gasteiger partial charge in [0.05, 0.1) is 6.54 Å². The number of benzene rings is 2. The number of anilines is 1. The average Bonchev–Trinajstić information content (AvgIpc) is 3.12. The summed E-state index contributed by atoms with van der Waals surface area (Å²) in [6, 6.07) is 11.4. The van der Waals surface area contributed by atoms with Gasteiger partial charge in [0, 0.05) is 42.5 Å². The van der Waals surface area contributed by atoms with E-state index in [0.29, 0.717) is 23.6 Å². The molecule has 0 aliphatic carbocycles. The van der Waals surface area contributed by atoms with Crippen molar-refractivity contribution < 1.29 is 14.3 Å². The van der Waals surface area contributed by atoms with E-state index in [2.05, 4.69) is 16.7 Å². The molecule has 0 bridgehead atoms. The van der Waals surface area contributed by atoms with Crippen LogP contribution < -0.4 is 14.4 Å². The Morgan fingerprint density at radius 1 is 1.04 bits per heavy atom. The summed E-state index contributed by atoms with van der Waals surface area (Å²) in [5.41, 5.74) is 3.07. The van der Waals surface area contributed by atoms with E-state index in [-0.39, 0.29) is 12.6 Å². The minimum Gasteiger partial charge on any atom is -0.454 e. The van der Waals surface area contributed by atoms with Crippen LogP contribution in [0.4, 0.5) is 5.69 Å². The molecule has 1 saturated heterocycles. The summed E-state index contributed by atoms with van der Waals surface area (Å²) in [5, 5.41) is 0.756. The average molecular weight is 373 g/mol. The molecular weight excluding hydrogens is 352 g/mol. The van der Waals surface area contributed by atoms with Gasteiger partial charge in [0.2, 0.25) is 6.79 Å². The number of aryl methyl sites for hydroxylation is 1. The van der Waals surface area contributed by atoms with Gasteiger partial charge in [-0.05, 0) is 42.8 Å². The second-order valence-corrected chi connectivity index (χ2v) is 7.12. The van der Waals surface area contributed by atoms with Crippen molar-refractivity contribution in [1.29, 1.82) is 0 Å². The van der Waals surface area contributed by atoms with Crippen molar-refractivity contribution in [2.24, 2.45) is 0 Å². The molecule has 2 aromatic rings. The molecule has 0 spiro atoms. The first-order valence-corrected chi connectivity index (χ1v) is 9.14. The summed E-state index contributed by atoms with van der Waals surface area (Å²) >= 11 is 6.14. The van der Waals surface area contributed by atoms with E-state index in [0.717, 1.165) is 31.2 Å². The highest BCUT2D eigenvalue weighted by Gasteiger charge is 2.22. The lowest BCUT2D eigenvalue weighted by molar-refractivity contribution is 0.0926. The van der Waals surface area contributed by atoms with Crippen molar-refractivity contribution in [2.45, 2.75) is 6.92 Å². The van der Waals surface area contributed by atoms with Crippen LogP contribution in [0.15, 0.2) is 36.4 Å². The van der Waals surface area contributed by atoms with Crippen LogP contribution in [0.3, 0.4) is 0 Å². The summed E-state index contributed by atoms with van der Waals surface area (Å²) in [4.78, 5) is 17.1. The minimum atomic E-state index is 0.107. The number of hydrogen-bond donors (Lipinski definition) is 0. The highest BCUT2D eigenvalue weighted by atomic mass is 35.5. The maximum absolute atomic E-state index is 12.6. The Kier molecular flexibility index (Phi) is 4.74. The number of rotatable bonds is 4. The number of carbonyl (C=O) groups excluding carboxylic acids is 1. The van der Waals surface area contributed by atoms with E-state index in [1.807, 2.05) is 18.2 Å². The van der Waals surface area contributed by atoms with E-state index in [1.54, 1.807) is 18.2 Å². The molecule has 26 heavy (non-hydrogen) atoms. The number of carbonyl (C=O) groups is 1. The number of fused-ring (bicyclic) bond motifs is 1. The van der Waals surface area contributed by atoms with E-state index >= 15 is 0 Å². The van der Waals surface area contributed by atoms with Crippen molar-refractivity contribution in [2.75, 3.05) is 44.4 Å². The Morgan fingerprint density at radius 2 is 1.81 bits per heavy atom. The van der Waals surface area contributed by atoms with E-state index in [9.17, 15) is 4.79 Å². The van der Waals surface area contributed by atoms with Crippen LogP contribution >= 0.6 is 11.6 Å². The van der Waals surface area contributed by atoms with E-state index in [4.69, 9.17) is 21.1 Å². The Hall–Kier alpha value is -2.24. The molecule has 2 aromatic carbocycles. The molecule has 4 rings (SSSR count). The molecule has 136 valence electrons. The maximum Gasteiger partial charge on any atom is 0.231 e. The maximum atomic E-state index is 12.6. The number of Topliss-reactive ketones (excluding diaryl/α,β-unsaturated/α-hetero) is 1. The minimum absolute atomic E-state index is 0.107. The Bertz CT molecular complexity index is 832. The monoisotopic (exact) mass is 372 g/mol. The van der Waals surface area contributed by atoms with Crippen LogP contribution in [0, 0.1) is 6.92 Å². The first-order chi connectivity index (χ1) is 12.6. The van der Waals surface area contributed by atoms with Gasteiger partial charge in [-0.1, -0.05) is 17.7 Å². The zero-order valence-electron chi connectivity index (χ0n) is 14.7. The second kappa shape index (κ2) is 7.17. The molecule has 2 heterocycles. The SMILES string of the molecule is Cc1ccc(Cl)cc1N1CCN(CC(=O)c2ccc3c(c2)OCO3)CC1. The largest absolute Gasteiger partial charge is 0.454 e. The molecule has 6 heteroatoms. The van der Waals surface area contributed by atoms with Crippen LogP contribution in [-0.2, 0) is 0 Å². The lowest BCUT2D eigenvalue weighted by Crippen LogP contribution is -2.48. The third-order valence-electron chi connectivity index (χ3n) is 4.95. The van der Waals surface area contributed by atoms with Gasteiger partial charge in [-0.2, -0.15) is 0 Å². The number of nitrogens with zero attached hydrogens (tertiary/aromatic N) is 2. The third kappa shape index (κ3) is 3.50. The lowest BCUT2D eigenvalue weighted by Gasteiger charge is -2.36. The van der Waals surface area contributed by atoms with Crippen molar-refractivity contribution in [3.05, 3.63) is 52.5 Å². The third-order valence-corrected chi connectivity index (χ3v) is 5.18. The second-order valence-electron chi connectivity index (χ2n) is 6.69. The predicted octanol–water partition coefficient (Wildman–Crippen LogP) is 3.38. The summed E-state index contributed by atoms with van der Waals surface area (Å²) in [6.07, 6.45) is 0. The van der Waals surface area contributed by atoms with Gasteiger partial charge < -0.3 is 14.4 Å². The molecule has 0 saturated carbocycles. The molecule has 0 atom stereocenters. The normalized spacial score (nSPS) is 16.8. The fourth-order valence-electron chi connectivity index (χ4n) is 3.43. The fourth-order valence-corrected chi connectivity index (χ4v) is 3.60. The van der Waals surface area contributed by atoms with Gasteiger partial charge in [0.1, 0.15) is 0 Å². The highest BCUT2D eigenvalue weighted by Crippen LogP contribution is 2.32. The summed E-state index contributed by atoms with van der Waals surface area (Å²) in [5.74, 6) is 1.46. The van der Waals surface area contributed by atoms with E-state index in [1.165, 1.54) is 11.3 Å². The van der Waals surface area contributed by atoms with Crippen LogP contribution in [0.1, 0.15) is 15.9 Å². The smallest absolute Gasteiger partial charge is 0.231 e. The number of ether oxygens (including phenoxy) is 2. The lowest BCUT2D eigenvalue weighted by atomic mass is 10.1. The fraction of sp³-hybridized carbons (Fsp3) is 0.350. The zero-order valence-corrected chi connectivity index (χ0v) is 15.5. The summed E-state index contributed by atoms with van der Waals surface area (Å²) < 4.78 is 10.7. The van der Waals surface area contributed by atoms with Gasteiger partial charge in [-0.15, -0.1) is 0 Å². The number of halogens is 1. The standard InChI is InChI=1S/C20H21ClN2O3/c1-14-2-4-16(21)11-17(14)23-8-6-22(7-9-23)12-18(24)15-3-5-19-20(10-15)26-13-25-19/h2-5,10-11H,6-9,12-13H2,1H3. The predicted molar refractivity (Wildman–Crippen MR) is 102 cm³/mol. The van der Waals surface area contributed by atoms with Gasteiger partial charge in [-0.3, -0.25) is 9.69 Å². The molecule has 0 aromatic heterocycles. The van der Waals surface area contributed by atoms with E-state index < -0.39 is 0 Å². The van der Waals surface area contributed by atoms with Gasteiger partial charge in [0.25, 0.3) is 0 Å². The molecule has 0 N–H and O–H groups in total. The highest BCUT2D eigenvalue weighted by molar-refractivity contribution is 6.30. The number of ketones is 1. The molecule has 0 amide bonds. The van der Waals surface area contributed by atoms with Gasteiger partial charge >= 0.3 is 0 Å². The molecular formula is C20H21ClN2O3. The van der Waals surface area contributed by atoms with Crippen LogP contribution in [0.2, 0.25) is 5.02 Å². The van der Waals surface area contributed by atoms with Crippen molar-refractivity contribution in [3.63, 3.8) is 0 Å². The first-order valence-electron chi connectivity index (χ1n) is 8.76. The summed E-state index contributed by atoms with van der Waals surface area (Å²) in [6.45, 7) is 6.21. The quantitative estimate of drug-likeness (QED) is 0.770. The molecule has 5 nitrogen and oxygen atoms in total. The molecule has 2 aliphatic rings. The first kappa shape index (κ1) is 17.2. The van der Waals surface area contributed by atoms with Gasteiger partial charge in [-0.25, -0.2) is 0 Å². The van der Waals surface area contributed by atoms with Crippen molar-refractivity contribution in [3.8, 4) is 11.5 Å². The van der Waals surface area contributed by atoms with Crippen LogP contribution in [-0.4, -0.2) is 50.2 Å². The number of hydrogen-bond acceptors (Lipinski definition) is 5. The molecule has 0 radical (unpaired) electrons. The zero-order chi connectivity index (χ0) is 18.1. The van der Waals surface area contributed by atoms with Crippen LogP contribution in [0.5, 0.6) is 11.5 Å². The van der Waals surface area contributed by atoms with Crippen molar-refractivity contribution >= 4 is 23.1 Å². The Labute approximate surface area is 158 Å². The van der Waals surface area contributed by atoms with Crippen LogP contribution in [0.25, 0.3) is 0 Å². The molecule has 0 unspecified atom stereocenters. The van der Waals surface area contributed by atoms with Crippen molar-refractivity contribution in [1.82, 2.24) is 4.90 Å². The number of piperazine rings is 1. The topological polar surface area (TPSA) is 42.0 Å². The summed E-state index contributed by atoms with van der Waals surface area (Å²) in [7, 11) is 0. The Balaban J connectivity index is 1.36. The molecule has 2 aliphatic heterocycles. The van der Waals surface area contributed by atoms with Gasteiger partial charge in [0.15, 0.2) is 17.3 Å².